The van der Waals surface area contributed by atoms with Crippen LogP contribution in [0.25, 0.3) is 11.6 Å². The van der Waals surface area contributed by atoms with Crippen LogP contribution in [0.2, 0.25) is 0 Å². The number of hydrogen-bond acceptors (Lipinski definition) is 0. The first-order valence-electron chi connectivity index (χ1n) is 7.93. The lowest BCUT2D eigenvalue weighted by molar-refractivity contribution is 0.432. The molecule has 0 heteroatoms. The maximum atomic E-state index is 2.42. The summed E-state index contributed by atoms with van der Waals surface area (Å²) in [5.41, 5.74) is 7.37. The van der Waals surface area contributed by atoms with Gasteiger partial charge in [-0.3, -0.25) is 0 Å². The Balaban J connectivity index is 1.99. The van der Waals surface area contributed by atoms with Gasteiger partial charge in [-0.05, 0) is 59.4 Å². The molecule has 0 saturated heterocycles. The van der Waals surface area contributed by atoms with Crippen molar-refractivity contribution in [3.8, 4) is 0 Å². The lowest BCUT2D eigenvalue weighted by Gasteiger charge is -2.33. The molecule has 21 heavy (non-hydrogen) atoms. The maximum Gasteiger partial charge on any atom is -0.0100 e. The summed E-state index contributed by atoms with van der Waals surface area (Å²) in [4.78, 5) is 0. The molecule has 0 N–H and O–H groups in total. The Kier molecular flexibility index (Phi) is 3.71. The molecule has 1 aliphatic rings. The van der Waals surface area contributed by atoms with Crippen LogP contribution in [0.3, 0.4) is 0 Å². The molecular weight excluding hydrogens is 252 g/mol. The van der Waals surface area contributed by atoms with Crippen LogP contribution in [0.5, 0.6) is 0 Å². The van der Waals surface area contributed by atoms with Crippen LogP contribution in [0.1, 0.15) is 55.9 Å². The molecule has 2 aromatic carbocycles. The Morgan fingerprint density at radius 1 is 1.05 bits per heavy atom. The number of benzene rings is 2. The van der Waals surface area contributed by atoms with Crippen LogP contribution >= 0.6 is 0 Å². The quantitative estimate of drug-likeness (QED) is 0.602. The Morgan fingerprint density at radius 2 is 1.81 bits per heavy atom. The summed E-state index contributed by atoms with van der Waals surface area (Å²) >= 11 is 0. The van der Waals surface area contributed by atoms with Crippen molar-refractivity contribution in [2.75, 3.05) is 0 Å². The van der Waals surface area contributed by atoms with Gasteiger partial charge in [0.1, 0.15) is 0 Å². The van der Waals surface area contributed by atoms with E-state index in [1.54, 1.807) is 11.1 Å². The van der Waals surface area contributed by atoms with Crippen LogP contribution in [0.15, 0.2) is 48.5 Å². The molecule has 2 aromatic rings. The van der Waals surface area contributed by atoms with Crippen molar-refractivity contribution in [2.24, 2.45) is 0 Å². The molecule has 0 atom stereocenters. The Labute approximate surface area is 128 Å². The van der Waals surface area contributed by atoms with Crippen molar-refractivity contribution in [3.63, 3.8) is 0 Å². The fourth-order valence-electron chi connectivity index (χ4n) is 3.41. The predicted molar refractivity (Wildman–Crippen MR) is 92.4 cm³/mol. The second-order valence-corrected chi connectivity index (χ2v) is 6.85. The van der Waals surface area contributed by atoms with Gasteiger partial charge >= 0.3 is 0 Å². The van der Waals surface area contributed by atoms with Crippen LogP contribution < -0.4 is 0 Å². The summed E-state index contributed by atoms with van der Waals surface area (Å²) in [5.74, 6) is 0. The Hall–Kier alpha value is -1.82. The predicted octanol–water partition coefficient (Wildman–Crippen LogP) is 5.86. The van der Waals surface area contributed by atoms with Crippen molar-refractivity contribution in [2.45, 2.75) is 45.4 Å². The molecule has 0 fully saturated rings. The molecule has 0 aliphatic heterocycles. The van der Waals surface area contributed by atoms with Gasteiger partial charge in [0.05, 0.1) is 0 Å². The van der Waals surface area contributed by atoms with Gasteiger partial charge in [-0.1, -0.05) is 68.5 Å². The van der Waals surface area contributed by atoms with Crippen molar-refractivity contribution in [3.05, 3.63) is 70.8 Å². The van der Waals surface area contributed by atoms with Gasteiger partial charge in [0.15, 0.2) is 0 Å². The monoisotopic (exact) mass is 276 g/mol. The standard InChI is InChI=1S/C21H24/c1-16(14-17-8-5-4-6-9-17)19-12-11-18-10-7-13-21(2,3)20(18)15-19/h4-6,8-9,11-12,14-15H,7,10,13H2,1-3H3. The van der Waals surface area contributed by atoms with Gasteiger partial charge < -0.3 is 0 Å². The van der Waals surface area contributed by atoms with E-state index in [0.717, 1.165) is 0 Å². The second-order valence-electron chi connectivity index (χ2n) is 6.85. The minimum atomic E-state index is 0.316. The first kappa shape index (κ1) is 14.1. The molecule has 0 radical (unpaired) electrons. The zero-order valence-corrected chi connectivity index (χ0v) is 13.3. The molecule has 0 saturated carbocycles. The molecule has 0 spiro atoms. The van der Waals surface area contributed by atoms with E-state index in [1.807, 2.05) is 0 Å². The van der Waals surface area contributed by atoms with Crippen molar-refractivity contribution in [1.82, 2.24) is 0 Å². The number of rotatable bonds is 2. The average Bonchev–Trinajstić information content (AvgIpc) is 2.48. The third-order valence-corrected chi connectivity index (χ3v) is 4.72. The van der Waals surface area contributed by atoms with Gasteiger partial charge in [-0.25, -0.2) is 0 Å². The van der Waals surface area contributed by atoms with E-state index in [-0.39, 0.29) is 0 Å². The highest BCUT2D eigenvalue weighted by Gasteiger charge is 2.27. The van der Waals surface area contributed by atoms with E-state index in [4.69, 9.17) is 0 Å². The minimum Gasteiger partial charge on any atom is -0.0622 e. The van der Waals surface area contributed by atoms with E-state index in [9.17, 15) is 0 Å². The lowest BCUT2D eigenvalue weighted by Crippen LogP contribution is -2.23. The number of aryl methyl sites for hydroxylation is 1. The number of hydrogen-bond donors (Lipinski definition) is 0. The molecule has 0 amide bonds. The van der Waals surface area contributed by atoms with E-state index in [0.29, 0.717) is 5.41 Å². The normalized spacial score (nSPS) is 17.4. The fourth-order valence-corrected chi connectivity index (χ4v) is 3.41. The summed E-state index contributed by atoms with van der Waals surface area (Å²) in [6.45, 7) is 6.97. The summed E-state index contributed by atoms with van der Waals surface area (Å²) in [6, 6.07) is 17.6. The van der Waals surface area contributed by atoms with E-state index >= 15 is 0 Å². The highest BCUT2D eigenvalue weighted by Crippen LogP contribution is 2.38. The van der Waals surface area contributed by atoms with Crippen molar-refractivity contribution >= 4 is 11.6 Å². The molecule has 3 rings (SSSR count). The SMILES string of the molecule is CC(=Cc1ccccc1)c1ccc2c(c1)C(C)(C)CCC2. The van der Waals surface area contributed by atoms with E-state index in [2.05, 4.69) is 75.4 Å². The highest BCUT2D eigenvalue weighted by atomic mass is 14.3. The Morgan fingerprint density at radius 3 is 2.57 bits per heavy atom. The molecular formula is C21H24. The lowest BCUT2D eigenvalue weighted by atomic mass is 9.72. The second kappa shape index (κ2) is 5.52. The maximum absolute atomic E-state index is 2.42. The van der Waals surface area contributed by atoms with E-state index in [1.165, 1.54) is 36.0 Å². The van der Waals surface area contributed by atoms with Gasteiger partial charge in [-0.2, -0.15) is 0 Å². The Bertz CT molecular complexity index is 660. The first-order chi connectivity index (χ1) is 10.1. The zero-order chi connectivity index (χ0) is 14.9. The largest absolute Gasteiger partial charge is 0.0622 e. The van der Waals surface area contributed by atoms with Gasteiger partial charge in [0.25, 0.3) is 0 Å². The molecule has 0 nitrogen and oxygen atoms in total. The molecule has 0 bridgehead atoms. The highest BCUT2D eigenvalue weighted by molar-refractivity contribution is 5.80. The van der Waals surface area contributed by atoms with Gasteiger partial charge in [0, 0.05) is 0 Å². The third-order valence-electron chi connectivity index (χ3n) is 4.72. The van der Waals surface area contributed by atoms with Crippen LogP contribution in [-0.2, 0) is 11.8 Å². The molecule has 0 unspecified atom stereocenters. The van der Waals surface area contributed by atoms with Crippen LogP contribution in [0, 0.1) is 0 Å². The number of allylic oxidation sites excluding steroid dienone is 1. The summed E-state index contributed by atoms with van der Waals surface area (Å²) in [6.07, 6.45) is 6.13. The molecule has 0 heterocycles. The number of fused-ring (bicyclic) bond motifs is 1. The molecule has 0 aromatic heterocycles. The summed E-state index contributed by atoms with van der Waals surface area (Å²) in [5, 5.41) is 0. The fraction of sp³-hybridized carbons (Fsp3) is 0.333. The molecule has 108 valence electrons. The minimum absolute atomic E-state index is 0.316. The summed E-state index contributed by atoms with van der Waals surface area (Å²) in [7, 11) is 0. The topological polar surface area (TPSA) is 0 Å². The van der Waals surface area contributed by atoms with Gasteiger partial charge in [-0.15, -0.1) is 0 Å². The van der Waals surface area contributed by atoms with Crippen LogP contribution in [0.4, 0.5) is 0 Å². The third kappa shape index (κ3) is 2.95. The molecule has 1 aliphatic carbocycles. The summed E-state index contributed by atoms with van der Waals surface area (Å²) < 4.78 is 0. The van der Waals surface area contributed by atoms with E-state index < -0.39 is 0 Å². The average molecular weight is 276 g/mol. The smallest absolute Gasteiger partial charge is 0.0100 e. The zero-order valence-electron chi connectivity index (χ0n) is 13.3. The first-order valence-corrected chi connectivity index (χ1v) is 7.93. The van der Waals surface area contributed by atoms with Crippen molar-refractivity contribution in [1.29, 1.82) is 0 Å². The van der Waals surface area contributed by atoms with Gasteiger partial charge in [0.2, 0.25) is 0 Å². The van der Waals surface area contributed by atoms with Crippen LogP contribution in [-0.4, -0.2) is 0 Å². The van der Waals surface area contributed by atoms with Crippen molar-refractivity contribution < 1.29 is 0 Å².